The predicted molar refractivity (Wildman–Crippen MR) is 108 cm³/mol. The summed E-state index contributed by atoms with van der Waals surface area (Å²) in [5.74, 6) is -0.222. The van der Waals surface area contributed by atoms with Crippen LogP contribution in [0.1, 0.15) is 41.6 Å². The van der Waals surface area contributed by atoms with Crippen molar-refractivity contribution in [2.24, 2.45) is 5.92 Å². The van der Waals surface area contributed by atoms with Crippen molar-refractivity contribution in [3.63, 3.8) is 0 Å². The van der Waals surface area contributed by atoms with Gasteiger partial charge in [0.25, 0.3) is 5.91 Å². The van der Waals surface area contributed by atoms with E-state index in [4.69, 9.17) is 4.74 Å². The second-order valence-electron chi connectivity index (χ2n) is 7.53. The molecule has 2 aliphatic rings. The topological polar surface area (TPSA) is 105 Å². The number of hydrogen-bond donors (Lipinski definition) is 2. The van der Waals surface area contributed by atoms with E-state index in [-0.39, 0.29) is 34.7 Å². The number of carbonyl (C=O) groups excluding carboxylic acids is 2. The van der Waals surface area contributed by atoms with Crippen molar-refractivity contribution in [2.45, 2.75) is 37.5 Å². The number of carbonyl (C=O) groups is 2. The second-order valence-corrected chi connectivity index (χ2v) is 9.43. The molecule has 2 amide bonds. The van der Waals surface area contributed by atoms with E-state index in [1.165, 1.54) is 10.4 Å². The third-order valence-corrected chi connectivity index (χ3v) is 7.51. The molecule has 3 rings (SSSR count). The predicted octanol–water partition coefficient (Wildman–Crippen LogP) is 1.05. The number of nitrogens with one attached hydrogen (secondary N) is 2. The van der Waals surface area contributed by atoms with Gasteiger partial charge in [-0.05, 0) is 37.5 Å². The van der Waals surface area contributed by atoms with Gasteiger partial charge in [0, 0.05) is 37.7 Å². The van der Waals surface area contributed by atoms with Crippen molar-refractivity contribution in [3.8, 4) is 0 Å². The molecule has 2 N–H and O–H groups in total. The highest BCUT2D eigenvalue weighted by Crippen LogP contribution is 2.24. The first-order valence-corrected chi connectivity index (χ1v) is 11.6. The summed E-state index contributed by atoms with van der Waals surface area (Å²) in [7, 11) is -3.68. The van der Waals surface area contributed by atoms with E-state index in [2.05, 4.69) is 10.6 Å². The highest BCUT2D eigenvalue weighted by Gasteiger charge is 2.28. The fraction of sp³-hybridized carbons (Fsp3) is 0.600. The van der Waals surface area contributed by atoms with E-state index >= 15 is 0 Å². The van der Waals surface area contributed by atoms with Crippen LogP contribution in [-0.4, -0.2) is 63.9 Å². The zero-order valence-electron chi connectivity index (χ0n) is 16.8. The lowest BCUT2D eigenvalue weighted by atomic mass is 10.1. The van der Waals surface area contributed by atoms with E-state index < -0.39 is 10.0 Å². The molecule has 1 aliphatic carbocycles. The average Bonchev–Trinajstić information content (AvgIpc) is 3.27. The van der Waals surface area contributed by atoms with Crippen LogP contribution in [0, 0.1) is 12.8 Å². The van der Waals surface area contributed by atoms with Gasteiger partial charge in [0.05, 0.1) is 18.1 Å². The van der Waals surface area contributed by atoms with Crippen LogP contribution in [0.15, 0.2) is 23.1 Å². The molecular weight excluding hydrogens is 394 g/mol. The maximum absolute atomic E-state index is 12.9. The molecule has 0 radical (unpaired) electrons. The van der Waals surface area contributed by atoms with Gasteiger partial charge in [0.15, 0.2) is 0 Å². The Morgan fingerprint density at radius 3 is 2.45 bits per heavy atom. The van der Waals surface area contributed by atoms with Crippen LogP contribution in [0.25, 0.3) is 0 Å². The molecule has 1 saturated heterocycles. The highest BCUT2D eigenvalue weighted by atomic mass is 32.2. The first-order chi connectivity index (χ1) is 13.9. The smallest absolute Gasteiger partial charge is 0.251 e. The number of benzene rings is 1. The van der Waals surface area contributed by atoms with Gasteiger partial charge in [-0.25, -0.2) is 8.42 Å². The van der Waals surface area contributed by atoms with Crippen molar-refractivity contribution in [2.75, 3.05) is 39.4 Å². The van der Waals surface area contributed by atoms with Gasteiger partial charge >= 0.3 is 0 Å². The summed E-state index contributed by atoms with van der Waals surface area (Å²) < 4.78 is 32.5. The third kappa shape index (κ3) is 5.34. The Morgan fingerprint density at radius 1 is 1.10 bits per heavy atom. The maximum Gasteiger partial charge on any atom is 0.251 e. The van der Waals surface area contributed by atoms with Gasteiger partial charge in [0.1, 0.15) is 0 Å². The Bertz CT molecular complexity index is 844. The maximum atomic E-state index is 12.9. The second kappa shape index (κ2) is 9.69. The number of nitrogens with zero attached hydrogens (tertiary/aromatic N) is 1. The lowest BCUT2D eigenvalue weighted by molar-refractivity contribution is -0.124. The first-order valence-electron chi connectivity index (χ1n) is 10.1. The Balaban J connectivity index is 1.58. The van der Waals surface area contributed by atoms with Gasteiger partial charge in [-0.1, -0.05) is 18.9 Å². The molecule has 0 unspecified atom stereocenters. The van der Waals surface area contributed by atoms with Crippen molar-refractivity contribution >= 4 is 21.8 Å². The van der Waals surface area contributed by atoms with Crippen molar-refractivity contribution in [1.29, 1.82) is 0 Å². The minimum absolute atomic E-state index is 0.0472. The number of rotatable bonds is 7. The molecule has 29 heavy (non-hydrogen) atoms. The van der Waals surface area contributed by atoms with E-state index in [0.717, 1.165) is 25.7 Å². The number of hydrogen-bond acceptors (Lipinski definition) is 5. The van der Waals surface area contributed by atoms with Crippen molar-refractivity contribution in [1.82, 2.24) is 14.9 Å². The standard InChI is InChI=1S/C20H29N3O5S/c1-15-6-7-17(14-18(15)29(26,27)23-10-12-28-13-11-23)20(25)22-9-8-21-19(24)16-4-2-3-5-16/h6-7,14,16H,2-5,8-13H2,1H3,(H,21,24)(H,22,25). The van der Waals surface area contributed by atoms with E-state index in [9.17, 15) is 18.0 Å². The number of amides is 2. The van der Waals surface area contributed by atoms with Crippen LogP contribution in [0.3, 0.4) is 0 Å². The van der Waals surface area contributed by atoms with Gasteiger partial charge in [0.2, 0.25) is 15.9 Å². The summed E-state index contributed by atoms with van der Waals surface area (Å²) in [6, 6.07) is 4.68. The lowest BCUT2D eigenvalue weighted by Gasteiger charge is -2.26. The number of aryl methyl sites for hydroxylation is 1. The van der Waals surface area contributed by atoms with Crippen LogP contribution in [0.2, 0.25) is 0 Å². The van der Waals surface area contributed by atoms with Gasteiger partial charge in [-0.3, -0.25) is 9.59 Å². The highest BCUT2D eigenvalue weighted by molar-refractivity contribution is 7.89. The summed E-state index contributed by atoms with van der Waals surface area (Å²) in [5, 5.41) is 5.59. The Kier molecular flexibility index (Phi) is 7.26. The lowest BCUT2D eigenvalue weighted by Crippen LogP contribution is -2.41. The monoisotopic (exact) mass is 423 g/mol. The van der Waals surface area contributed by atoms with Crippen LogP contribution in [0.4, 0.5) is 0 Å². The molecule has 0 atom stereocenters. The van der Waals surface area contributed by atoms with E-state index in [0.29, 0.717) is 38.4 Å². The van der Waals surface area contributed by atoms with Crippen LogP contribution >= 0.6 is 0 Å². The SMILES string of the molecule is Cc1ccc(C(=O)NCCNC(=O)C2CCCC2)cc1S(=O)(=O)N1CCOCC1. The summed E-state index contributed by atoms with van der Waals surface area (Å²) in [5.41, 5.74) is 0.876. The molecule has 1 heterocycles. The van der Waals surface area contributed by atoms with Gasteiger partial charge in [-0.2, -0.15) is 4.31 Å². The largest absolute Gasteiger partial charge is 0.379 e. The fourth-order valence-electron chi connectivity index (χ4n) is 3.74. The summed E-state index contributed by atoms with van der Waals surface area (Å²) in [4.78, 5) is 24.6. The van der Waals surface area contributed by atoms with E-state index in [1.807, 2.05) is 0 Å². The van der Waals surface area contributed by atoms with Crippen molar-refractivity contribution in [3.05, 3.63) is 29.3 Å². The molecule has 2 fully saturated rings. The summed E-state index contributed by atoms with van der Waals surface area (Å²) >= 11 is 0. The molecule has 0 bridgehead atoms. The van der Waals surface area contributed by atoms with E-state index in [1.54, 1.807) is 19.1 Å². The average molecular weight is 424 g/mol. The molecule has 1 aromatic carbocycles. The van der Waals surface area contributed by atoms with Gasteiger partial charge < -0.3 is 15.4 Å². The quantitative estimate of drug-likeness (QED) is 0.638. The van der Waals surface area contributed by atoms with Crippen LogP contribution in [0.5, 0.6) is 0 Å². The third-order valence-electron chi connectivity index (χ3n) is 5.47. The van der Waals surface area contributed by atoms with Gasteiger partial charge in [-0.15, -0.1) is 0 Å². The number of ether oxygens (including phenoxy) is 1. The van der Waals surface area contributed by atoms with Crippen LogP contribution in [-0.2, 0) is 19.6 Å². The minimum Gasteiger partial charge on any atom is -0.379 e. The number of morpholine rings is 1. The normalized spacial score (nSPS) is 18.5. The molecule has 1 aromatic rings. The fourth-order valence-corrected chi connectivity index (χ4v) is 5.40. The zero-order chi connectivity index (χ0) is 20.9. The number of sulfonamides is 1. The Morgan fingerprint density at radius 2 is 1.76 bits per heavy atom. The molecule has 9 heteroatoms. The molecule has 0 aromatic heterocycles. The Labute approximate surface area is 172 Å². The molecule has 1 aliphatic heterocycles. The molecule has 0 spiro atoms. The Hall–Kier alpha value is -1.97. The zero-order valence-corrected chi connectivity index (χ0v) is 17.6. The molecular formula is C20H29N3O5S. The summed E-state index contributed by atoms with van der Waals surface area (Å²) in [6.07, 6.45) is 4.06. The molecule has 8 nitrogen and oxygen atoms in total. The van der Waals surface area contributed by atoms with Crippen LogP contribution < -0.4 is 10.6 Å². The molecule has 1 saturated carbocycles. The first kappa shape index (κ1) is 21.7. The molecule has 160 valence electrons. The van der Waals surface area contributed by atoms with Crippen molar-refractivity contribution < 1.29 is 22.7 Å². The minimum atomic E-state index is -3.68. The summed E-state index contributed by atoms with van der Waals surface area (Å²) in [6.45, 7) is 3.70.